The normalized spacial score (nSPS) is 11.3. The Balaban J connectivity index is 4.43. The maximum absolute atomic E-state index is 3.79. The highest BCUT2D eigenvalue weighted by molar-refractivity contribution is 5.20. The van der Waals surface area contributed by atoms with Crippen molar-refractivity contribution in [2.45, 2.75) is 53.4 Å². The fraction of sp³-hybridized carbons (Fsp3) is 0.571. The Morgan fingerprint density at radius 3 is 2.29 bits per heavy atom. The Kier molecular flexibility index (Phi) is 7.18. The van der Waals surface area contributed by atoms with Crippen LogP contribution in [0.25, 0.3) is 0 Å². The quantitative estimate of drug-likeness (QED) is 0.517. The molecule has 0 N–H and O–H groups in total. The zero-order chi connectivity index (χ0) is 11.0. The molecule has 0 saturated carbocycles. The van der Waals surface area contributed by atoms with Crippen LogP contribution in [0.5, 0.6) is 0 Å². The van der Waals surface area contributed by atoms with E-state index in [1.807, 2.05) is 6.08 Å². The molecule has 0 radical (unpaired) electrons. The molecule has 0 heterocycles. The standard InChI is InChI=1S/C14H24/c1-6-9-13(8-3)11-14(10-7-2)12(4)5/h6,8H,1,7,9-11H2,2-5H3. The Hall–Kier alpha value is -0.780. The molecule has 0 unspecified atom stereocenters. The van der Waals surface area contributed by atoms with E-state index < -0.39 is 0 Å². The van der Waals surface area contributed by atoms with Crippen molar-refractivity contribution in [1.29, 1.82) is 0 Å². The Morgan fingerprint density at radius 1 is 1.29 bits per heavy atom. The molecule has 14 heavy (non-hydrogen) atoms. The molecule has 0 spiro atoms. The van der Waals surface area contributed by atoms with Gasteiger partial charge < -0.3 is 0 Å². The van der Waals surface area contributed by atoms with E-state index in [4.69, 9.17) is 0 Å². The molecule has 0 nitrogen and oxygen atoms in total. The maximum Gasteiger partial charge on any atom is -0.0103 e. The number of hydrogen-bond acceptors (Lipinski definition) is 0. The Labute approximate surface area is 89.4 Å². The maximum atomic E-state index is 3.79. The number of hydrogen-bond donors (Lipinski definition) is 0. The van der Waals surface area contributed by atoms with Crippen molar-refractivity contribution in [2.75, 3.05) is 0 Å². The highest BCUT2D eigenvalue weighted by atomic mass is 14.1. The Morgan fingerprint density at radius 2 is 1.93 bits per heavy atom. The van der Waals surface area contributed by atoms with Gasteiger partial charge in [0.2, 0.25) is 0 Å². The molecule has 0 aliphatic heterocycles. The van der Waals surface area contributed by atoms with Gasteiger partial charge in [0.25, 0.3) is 0 Å². The molecule has 0 aromatic heterocycles. The van der Waals surface area contributed by atoms with Gasteiger partial charge in [-0.3, -0.25) is 0 Å². The van der Waals surface area contributed by atoms with Gasteiger partial charge >= 0.3 is 0 Å². The second-order valence-electron chi connectivity index (χ2n) is 3.97. The second-order valence-corrected chi connectivity index (χ2v) is 3.97. The van der Waals surface area contributed by atoms with E-state index in [-0.39, 0.29) is 0 Å². The zero-order valence-electron chi connectivity index (χ0n) is 10.2. The fourth-order valence-electron chi connectivity index (χ4n) is 1.57. The van der Waals surface area contributed by atoms with Crippen molar-refractivity contribution < 1.29 is 0 Å². The van der Waals surface area contributed by atoms with Crippen molar-refractivity contribution in [3.05, 3.63) is 35.5 Å². The molecule has 0 aromatic rings. The van der Waals surface area contributed by atoms with Gasteiger partial charge in [-0.2, -0.15) is 0 Å². The molecule has 0 heteroatoms. The third kappa shape index (κ3) is 5.06. The summed E-state index contributed by atoms with van der Waals surface area (Å²) in [4.78, 5) is 0. The van der Waals surface area contributed by atoms with Gasteiger partial charge in [0.1, 0.15) is 0 Å². The summed E-state index contributed by atoms with van der Waals surface area (Å²) < 4.78 is 0. The van der Waals surface area contributed by atoms with E-state index in [0.29, 0.717) is 0 Å². The molecule has 0 aliphatic rings. The van der Waals surface area contributed by atoms with Gasteiger partial charge in [-0.25, -0.2) is 0 Å². The van der Waals surface area contributed by atoms with Crippen molar-refractivity contribution in [1.82, 2.24) is 0 Å². The van der Waals surface area contributed by atoms with Gasteiger partial charge in [0, 0.05) is 0 Å². The van der Waals surface area contributed by atoms with Crippen molar-refractivity contribution in [2.24, 2.45) is 0 Å². The summed E-state index contributed by atoms with van der Waals surface area (Å²) in [6.45, 7) is 12.6. The minimum Gasteiger partial charge on any atom is -0.103 e. The molecular formula is C14H24. The van der Waals surface area contributed by atoms with Crippen LogP contribution in [0, 0.1) is 0 Å². The fourth-order valence-corrected chi connectivity index (χ4v) is 1.57. The molecule has 0 atom stereocenters. The first-order chi connectivity index (χ1) is 6.65. The van der Waals surface area contributed by atoms with Gasteiger partial charge in [-0.15, -0.1) is 6.58 Å². The van der Waals surface area contributed by atoms with Crippen molar-refractivity contribution in [3.63, 3.8) is 0 Å². The first-order valence-corrected chi connectivity index (χ1v) is 5.55. The van der Waals surface area contributed by atoms with Crippen LogP contribution in [0.4, 0.5) is 0 Å². The summed E-state index contributed by atoms with van der Waals surface area (Å²) in [5.41, 5.74) is 4.57. The topological polar surface area (TPSA) is 0 Å². The van der Waals surface area contributed by atoms with Crippen LogP contribution in [0.3, 0.4) is 0 Å². The van der Waals surface area contributed by atoms with E-state index in [2.05, 4.69) is 40.3 Å². The molecule has 0 bridgehead atoms. The highest BCUT2D eigenvalue weighted by Crippen LogP contribution is 2.21. The molecule has 0 rings (SSSR count). The van der Waals surface area contributed by atoms with E-state index in [1.165, 1.54) is 24.0 Å². The second kappa shape index (κ2) is 7.61. The monoisotopic (exact) mass is 192 g/mol. The third-order valence-corrected chi connectivity index (χ3v) is 2.51. The average molecular weight is 192 g/mol. The lowest BCUT2D eigenvalue weighted by molar-refractivity contribution is 0.840. The molecule has 0 aromatic carbocycles. The number of rotatable bonds is 6. The van der Waals surface area contributed by atoms with Crippen LogP contribution in [0.2, 0.25) is 0 Å². The number of allylic oxidation sites excluding steroid dienone is 5. The summed E-state index contributed by atoms with van der Waals surface area (Å²) in [6, 6.07) is 0. The van der Waals surface area contributed by atoms with Crippen LogP contribution in [0.1, 0.15) is 53.4 Å². The van der Waals surface area contributed by atoms with Crippen molar-refractivity contribution >= 4 is 0 Å². The smallest absolute Gasteiger partial charge is 0.0103 e. The lowest BCUT2D eigenvalue weighted by Crippen LogP contribution is -1.90. The van der Waals surface area contributed by atoms with E-state index >= 15 is 0 Å². The minimum atomic E-state index is 1.02. The van der Waals surface area contributed by atoms with Crippen molar-refractivity contribution in [3.8, 4) is 0 Å². The van der Waals surface area contributed by atoms with Crippen LogP contribution in [-0.2, 0) is 0 Å². The molecule has 0 aliphatic carbocycles. The van der Waals surface area contributed by atoms with Crippen LogP contribution in [0.15, 0.2) is 35.5 Å². The van der Waals surface area contributed by atoms with Gasteiger partial charge in [-0.1, -0.05) is 42.2 Å². The lowest BCUT2D eigenvalue weighted by atomic mass is 9.96. The average Bonchev–Trinajstić information content (AvgIpc) is 2.15. The zero-order valence-corrected chi connectivity index (χ0v) is 10.2. The lowest BCUT2D eigenvalue weighted by Gasteiger charge is -2.10. The molecule has 80 valence electrons. The predicted molar refractivity (Wildman–Crippen MR) is 66.5 cm³/mol. The summed E-state index contributed by atoms with van der Waals surface area (Å²) >= 11 is 0. The predicted octanol–water partition coefficient (Wildman–Crippen LogP) is 5.04. The molecule has 0 fully saturated rings. The Bertz CT molecular complexity index is 224. The third-order valence-electron chi connectivity index (χ3n) is 2.51. The van der Waals surface area contributed by atoms with Crippen LogP contribution < -0.4 is 0 Å². The highest BCUT2D eigenvalue weighted by Gasteiger charge is 2.01. The van der Waals surface area contributed by atoms with Crippen LogP contribution in [-0.4, -0.2) is 0 Å². The van der Waals surface area contributed by atoms with E-state index in [0.717, 1.165) is 12.8 Å². The summed E-state index contributed by atoms with van der Waals surface area (Å²) in [5.74, 6) is 0. The van der Waals surface area contributed by atoms with Gasteiger partial charge in [0.15, 0.2) is 0 Å². The molecular weight excluding hydrogens is 168 g/mol. The molecule has 0 saturated heterocycles. The largest absolute Gasteiger partial charge is 0.103 e. The first kappa shape index (κ1) is 13.2. The summed E-state index contributed by atoms with van der Waals surface area (Å²) in [6.07, 6.45) is 8.85. The van der Waals surface area contributed by atoms with E-state index in [9.17, 15) is 0 Å². The SMILES string of the molecule is C=CCC(=CC)CC(CCC)=C(C)C. The first-order valence-electron chi connectivity index (χ1n) is 5.55. The van der Waals surface area contributed by atoms with Gasteiger partial charge in [-0.05, 0) is 40.0 Å². The van der Waals surface area contributed by atoms with Gasteiger partial charge in [0.05, 0.1) is 0 Å². The summed E-state index contributed by atoms with van der Waals surface area (Å²) in [7, 11) is 0. The molecule has 0 amide bonds. The summed E-state index contributed by atoms with van der Waals surface area (Å²) in [5, 5.41) is 0. The van der Waals surface area contributed by atoms with E-state index in [1.54, 1.807) is 5.57 Å². The minimum absolute atomic E-state index is 1.02. The van der Waals surface area contributed by atoms with Crippen LogP contribution >= 0.6 is 0 Å².